The van der Waals surface area contributed by atoms with Gasteiger partial charge >= 0.3 is 0 Å². The van der Waals surface area contributed by atoms with Crippen LogP contribution >= 0.6 is 15.9 Å². The Bertz CT molecular complexity index is 433. The van der Waals surface area contributed by atoms with Gasteiger partial charge in [0.05, 0.1) is 0 Å². The smallest absolute Gasteiger partial charge is 0.253 e. The molecule has 1 saturated heterocycles. The molecule has 0 saturated carbocycles. The number of nitrogens with one attached hydrogen (secondary N) is 1. The maximum atomic E-state index is 12.0. The van der Waals surface area contributed by atoms with E-state index in [2.05, 4.69) is 21.2 Å². The number of carbonyl (C=O) groups excluding carboxylic acids is 1. The van der Waals surface area contributed by atoms with Crippen molar-refractivity contribution in [3.63, 3.8) is 0 Å². The normalized spacial score (nSPS) is 23.7. The minimum Gasteiger partial charge on any atom is -0.368 e. The maximum absolute atomic E-state index is 12.0. The molecule has 1 fully saturated rings. The summed E-state index contributed by atoms with van der Waals surface area (Å²) in [5.41, 5.74) is 1.92. The Labute approximate surface area is 110 Å². The summed E-state index contributed by atoms with van der Waals surface area (Å²) in [4.78, 5) is 12.0. The van der Waals surface area contributed by atoms with Crippen LogP contribution in [0.5, 0.6) is 0 Å². The molecule has 1 heterocycles. The number of carbonyl (C=O) groups is 1. The van der Waals surface area contributed by atoms with E-state index in [9.17, 15) is 4.79 Å². The van der Waals surface area contributed by atoms with Gasteiger partial charge in [-0.05, 0) is 43.0 Å². The summed E-state index contributed by atoms with van der Waals surface area (Å²) in [6.07, 6.45) is 0.649. The van der Waals surface area contributed by atoms with Crippen LogP contribution in [-0.2, 0) is 9.53 Å². The van der Waals surface area contributed by atoms with E-state index in [1.54, 1.807) is 0 Å². The van der Waals surface area contributed by atoms with E-state index in [1.807, 2.05) is 32.0 Å². The van der Waals surface area contributed by atoms with E-state index >= 15 is 0 Å². The summed E-state index contributed by atoms with van der Waals surface area (Å²) < 4.78 is 6.47. The van der Waals surface area contributed by atoms with E-state index in [-0.39, 0.29) is 12.0 Å². The topological polar surface area (TPSA) is 38.3 Å². The Morgan fingerprint density at radius 1 is 1.53 bits per heavy atom. The van der Waals surface area contributed by atoms with Crippen molar-refractivity contribution in [2.75, 3.05) is 11.9 Å². The van der Waals surface area contributed by atoms with Crippen LogP contribution in [0, 0.1) is 12.8 Å². The number of amides is 1. The number of hydrogen-bond acceptors (Lipinski definition) is 2. The fourth-order valence-electron chi connectivity index (χ4n) is 1.97. The highest BCUT2D eigenvalue weighted by Crippen LogP contribution is 2.23. The summed E-state index contributed by atoms with van der Waals surface area (Å²) in [7, 11) is 0. The lowest BCUT2D eigenvalue weighted by Gasteiger charge is -2.14. The Balaban J connectivity index is 2.05. The highest BCUT2D eigenvalue weighted by Gasteiger charge is 2.30. The van der Waals surface area contributed by atoms with E-state index in [1.165, 1.54) is 0 Å². The molecule has 3 nitrogen and oxygen atoms in total. The lowest BCUT2D eigenvalue weighted by atomic mass is 10.0. The number of aryl methyl sites for hydroxylation is 1. The van der Waals surface area contributed by atoms with Crippen LogP contribution in [0.15, 0.2) is 22.7 Å². The van der Waals surface area contributed by atoms with Gasteiger partial charge in [-0.15, -0.1) is 0 Å². The second-order valence-electron chi connectivity index (χ2n) is 4.51. The van der Waals surface area contributed by atoms with Crippen LogP contribution in [0.1, 0.15) is 18.9 Å². The van der Waals surface area contributed by atoms with E-state index in [4.69, 9.17) is 4.74 Å². The summed E-state index contributed by atoms with van der Waals surface area (Å²) in [5.74, 6) is 0.253. The number of hydrogen-bond donors (Lipinski definition) is 1. The fourth-order valence-corrected chi connectivity index (χ4v) is 2.21. The monoisotopic (exact) mass is 297 g/mol. The highest BCUT2D eigenvalue weighted by atomic mass is 79.9. The van der Waals surface area contributed by atoms with Crippen molar-refractivity contribution in [3.05, 3.63) is 28.2 Å². The van der Waals surface area contributed by atoms with E-state index in [0.29, 0.717) is 12.5 Å². The Kier molecular flexibility index (Phi) is 3.84. The van der Waals surface area contributed by atoms with Gasteiger partial charge in [-0.2, -0.15) is 0 Å². The van der Waals surface area contributed by atoms with Crippen LogP contribution in [-0.4, -0.2) is 18.6 Å². The molecule has 2 rings (SSSR count). The lowest BCUT2D eigenvalue weighted by molar-refractivity contribution is -0.126. The fraction of sp³-hybridized carbons (Fsp3) is 0.462. The van der Waals surface area contributed by atoms with Crippen molar-refractivity contribution in [2.24, 2.45) is 5.92 Å². The zero-order valence-corrected chi connectivity index (χ0v) is 11.6. The van der Waals surface area contributed by atoms with Gasteiger partial charge in [0.2, 0.25) is 0 Å². The highest BCUT2D eigenvalue weighted by molar-refractivity contribution is 9.10. The van der Waals surface area contributed by atoms with Crippen molar-refractivity contribution in [1.82, 2.24) is 0 Å². The van der Waals surface area contributed by atoms with Crippen molar-refractivity contribution < 1.29 is 9.53 Å². The predicted molar refractivity (Wildman–Crippen MR) is 71.0 cm³/mol. The molecule has 1 aromatic rings. The molecule has 17 heavy (non-hydrogen) atoms. The van der Waals surface area contributed by atoms with Gasteiger partial charge in [0.25, 0.3) is 5.91 Å². The minimum absolute atomic E-state index is 0.0447. The Morgan fingerprint density at radius 3 is 2.88 bits per heavy atom. The van der Waals surface area contributed by atoms with Gasteiger partial charge in [0.15, 0.2) is 0 Å². The molecular weight excluding hydrogens is 282 g/mol. The Morgan fingerprint density at radius 2 is 2.29 bits per heavy atom. The standard InChI is InChI=1S/C13H16BrNO2/c1-8-5-6-17-12(8)13(16)15-10-3-4-11(14)9(2)7-10/h3-4,7-8,12H,5-6H2,1-2H3,(H,15,16). The first-order chi connectivity index (χ1) is 8.08. The van der Waals surface area contributed by atoms with Crippen LogP contribution in [0.4, 0.5) is 5.69 Å². The maximum Gasteiger partial charge on any atom is 0.253 e. The number of ether oxygens (including phenoxy) is 1. The van der Waals surface area contributed by atoms with Crippen LogP contribution < -0.4 is 5.32 Å². The van der Waals surface area contributed by atoms with Gasteiger partial charge in [0, 0.05) is 16.8 Å². The van der Waals surface area contributed by atoms with E-state index in [0.717, 1.165) is 22.1 Å². The SMILES string of the molecule is Cc1cc(NC(=O)C2OCCC2C)ccc1Br. The molecule has 1 amide bonds. The Hall–Kier alpha value is -0.870. The van der Waals surface area contributed by atoms with Crippen LogP contribution in [0.2, 0.25) is 0 Å². The summed E-state index contributed by atoms with van der Waals surface area (Å²) >= 11 is 3.43. The van der Waals surface area contributed by atoms with E-state index < -0.39 is 0 Å². The van der Waals surface area contributed by atoms with Gasteiger partial charge < -0.3 is 10.1 Å². The van der Waals surface area contributed by atoms with Gasteiger partial charge in [-0.1, -0.05) is 22.9 Å². The molecule has 92 valence electrons. The first-order valence-electron chi connectivity index (χ1n) is 5.76. The summed E-state index contributed by atoms with van der Waals surface area (Å²) in [6, 6.07) is 5.76. The molecule has 1 aliphatic heterocycles. The molecule has 0 bridgehead atoms. The van der Waals surface area contributed by atoms with Gasteiger partial charge in [-0.3, -0.25) is 4.79 Å². The van der Waals surface area contributed by atoms with Crippen LogP contribution in [0.25, 0.3) is 0 Å². The van der Waals surface area contributed by atoms with Gasteiger partial charge in [-0.25, -0.2) is 0 Å². The number of anilines is 1. The average molecular weight is 298 g/mol. The van der Waals surface area contributed by atoms with Gasteiger partial charge in [0.1, 0.15) is 6.10 Å². The summed E-state index contributed by atoms with van der Waals surface area (Å²) in [6.45, 7) is 4.72. The predicted octanol–water partition coefficient (Wildman–Crippen LogP) is 3.12. The molecule has 1 N–H and O–H groups in total. The molecular formula is C13H16BrNO2. The third-order valence-corrected chi connectivity index (χ3v) is 3.96. The molecule has 0 aromatic heterocycles. The molecule has 0 radical (unpaired) electrons. The third-order valence-electron chi connectivity index (χ3n) is 3.07. The first kappa shape index (κ1) is 12.6. The number of halogens is 1. The van der Waals surface area contributed by atoms with Crippen molar-refractivity contribution in [1.29, 1.82) is 0 Å². The minimum atomic E-state index is -0.307. The molecule has 1 aliphatic rings. The number of rotatable bonds is 2. The second kappa shape index (κ2) is 5.19. The zero-order chi connectivity index (χ0) is 12.4. The molecule has 2 atom stereocenters. The molecule has 0 aliphatic carbocycles. The summed E-state index contributed by atoms with van der Waals surface area (Å²) in [5, 5.41) is 2.90. The second-order valence-corrected chi connectivity index (χ2v) is 5.36. The number of benzene rings is 1. The van der Waals surface area contributed by atoms with Crippen molar-refractivity contribution in [2.45, 2.75) is 26.4 Å². The lowest BCUT2D eigenvalue weighted by Crippen LogP contribution is -2.31. The van der Waals surface area contributed by atoms with Crippen LogP contribution in [0.3, 0.4) is 0 Å². The largest absolute Gasteiger partial charge is 0.368 e. The molecule has 4 heteroatoms. The molecule has 1 aromatic carbocycles. The third kappa shape index (κ3) is 2.87. The zero-order valence-electron chi connectivity index (χ0n) is 10.00. The quantitative estimate of drug-likeness (QED) is 0.911. The first-order valence-corrected chi connectivity index (χ1v) is 6.56. The molecule has 2 unspecified atom stereocenters. The van der Waals surface area contributed by atoms with Crippen molar-refractivity contribution >= 4 is 27.5 Å². The van der Waals surface area contributed by atoms with Crippen molar-refractivity contribution in [3.8, 4) is 0 Å². The molecule has 0 spiro atoms. The average Bonchev–Trinajstić information content (AvgIpc) is 2.70.